The van der Waals surface area contributed by atoms with Crippen LogP contribution in [0.2, 0.25) is 0 Å². The molecule has 0 atom stereocenters. The first-order valence-electron chi connectivity index (χ1n) is 5.41. The number of anilines is 1. The first kappa shape index (κ1) is 12.7. The van der Waals surface area contributed by atoms with Crippen LogP contribution in [0.3, 0.4) is 0 Å². The number of amides is 1. The second kappa shape index (κ2) is 5.30. The molecule has 7 heteroatoms. The van der Waals surface area contributed by atoms with Crippen molar-refractivity contribution in [2.24, 2.45) is 0 Å². The van der Waals surface area contributed by atoms with Gasteiger partial charge in [-0.1, -0.05) is 12.1 Å². The second-order valence-electron chi connectivity index (χ2n) is 3.82. The minimum Gasteiger partial charge on any atom is -0.323 e. The Hall–Kier alpha value is -2.70. The van der Waals surface area contributed by atoms with E-state index in [0.717, 1.165) is 6.07 Å². The Morgan fingerprint density at radius 1 is 1.21 bits per heavy atom. The van der Waals surface area contributed by atoms with Crippen molar-refractivity contribution in [1.82, 2.24) is 9.97 Å². The lowest BCUT2D eigenvalue weighted by atomic mass is 10.2. The number of benzene rings is 1. The largest absolute Gasteiger partial charge is 0.325 e. The van der Waals surface area contributed by atoms with Gasteiger partial charge in [0.25, 0.3) is 5.56 Å². The molecule has 0 spiro atoms. The van der Waals surface area contributed by atoms with E-state index in [1.54, 1.807) is 6.07 Å². The van der Waals surface area contributed by atoms with Gasteiger partial charge in [0.1, 0.15) is 5.82 Å². The summed E-state index contributed by atoms with van der Waals surface area (Å²) in [6.07, 6.45) is -0.229. The van der Waals surface area contributed by atoms with Crippen molar-refractivity contribution in [2.45, 2.75) is 6.42 Å². The van der Waals surface area contributed by atoms with Crippen molar-refractivity contribution in [2.75, 3.05) is 5.32 Å². The van der Waals surface area contributed by atoms with E-state index in [4.69, 9.17) is 0 Å². The number of H-pyrrole nitrogens is 2. The highest BCUT2D eigenvalue weighted by Gasteiger charge is 2.08. The third-order valence-corrected chi connectivity index (χ3v) is 2.32. The van der Waals surface area contributed by atoms with Crippen LogP contribution in [-0.2, 0) is 11.2 Å². The highest BCUT2D eigenvalue weighted by Crippen LogP contribution is 2.12. The van der Waals surface area contributed by atoms with E-state index < -0.39 is 23.0 Å². The van der Waals surface area contributed by atoms with Crippen LogP contribution in [0.15, 0.2) is 39.9 Å². The fraction of sp³-hybridized carbons (Fsp3) is 0.0833. The maximum atomic E-state index is 13.3. The molecule has 98 valence electrons. The molecule has 0 unspecified atom stereocenters. The van der Waals surface area contributed by atoms with Gasteiger partial charge in [-0.05, 0) is 12.1 Å². The molecule has 0 aliphatic heterocycles. The number of halogens is 1. The second-order valence-corrected chi connectivity index (χ2v) is 3.82. The molecular formula is C12H10FN3O3. The molecule has 0 aliphatic carbocycles. The van der Waals surface area contributed by atoms with Crippen LogP contribution in [0.25, 0.3) is 0 Å². The molecule has 2 aromatic rings. The van der Waals surface area contributed by atoms with E-state index in [0.29, 0.717) is 0 Å². The molecule has 6 nitrogen and oxygen atoms in total. The summed E-state index contributed by atoms with van der Waals surface area (Å²) in [4.78, 5) is 38.0. The summed E-state index contributed by atoms with van der Waals surface area (Å²) in [5.41, 5.74) is -1.10. The van der Waals surface area contributed by atoms with Gasteiger partial charge in [-0.15, -0.1) is 0 Å². The molecule has 1 amide bonds. The lowest BCUT2D eigenvalue weighted by Crippen LogP contribution is -2.25. The molecule has 3 N–H and O–H groups in total. The first-order valence-corrected chi connectivity index (χ1v) is 5.41. The predicted octanol–water partition coefficient (Wildman–Crippen LogP) is 0.384. The third-order valence-electron chi connectivity index (χ3n) is 2.32. The molecule has 1 aromatic carbocycles. The Kier molecular flexibility index (Phi) is 3.56. The number of hydrogen-bond acceptors (Lipinski definition) is 3. The maximum Gasteiger partial charge on any atom is 0.325 e. The molecule has 1 heterocycles. The fourth-order valence-electron chi connectivity index (χ4n) is 1.54. The summed E-state index contributed by atoms with van der Waals surface area (Å²) in [7, 11) is 0. The summed E-state index contributed by atoms with van der Waals surface area (Å²) < 4.78 is 13.3. The van der Waals surface area contributed by atoms with Crippen molar-refractivity contribution >= 4 is 11.6 Å². The lowest BCUT2D eigenvalue weighted by molar-refractivity contribution is -0.115. The SMILES string of the molecule is O=C(Cc1cc(=O)[nH]c(=O)[nH]1)Nc1ccccc1F. The topological polar surface area (TPSA) is 94.8 Å². The number of rotatable bonds is 3. The van der Waals surface area contributed by atoms with Gasteiger partial charge in [0, 0.05) is 11.8 Å². The van der Waals surface area contributed by atoms with Crippen molar-refractivity contribution in [1.29, 1.82) is 0 Å². The summed E-state index contributed by atoms with van der Waals surface area (Å²) in [5, 5.41) is 2.35. The third kappa shape index (κ3) is 3.38. The average molecular weight is 263 g/mol. The van der Waals surface area contributed by atoms with Crippen molar-refractivity contribution in [3.63, 3.8) is 0 Å². The van der Waals surface area contributed by atoms with Crippen LogP contribution in [0.4, 0.5) is 10.1 Å². The zero-order valence-electron chi connectivity index (χ0n) is 9.70. The normalized spacial score (nSPS) is 10.2. The number of hydrogen-bond donors (Lipinski definition) is 3. The van der Waals surface area contributed by atoms with Gasteiger partial charge in [0.15, 0.2) is 0 Å². The van der Waals surface area contributed by atoms with Gasteiger partial charge in [-0.2, -0.15) is 0 Å². The van der Waals surface area contributed by atoms with Gasteiger partial charge < -0.3 is 10.3 Å². The highest BCUT2D eigenvalue weighted by atomic mass is 19.1. The summed E-state index contributed by atoms with van der Waals surface area (Å²) in [6.45, 7) is 0. The van der Waals surface area contributed by atoms with E-state index in [1.807, 2.05) is 4.98 Å². The van der Waals surface area contributed by atoms with Crippen LogP contribution < -0.4 is 16.6 Å². The van der Waals surface area contributed by atoms with E-state index in [9.17, 15) is 18.8 Å². The summed E-state index contributed by atoms with van der Waals surface area (Å²) >= 11 is 0. The smallest absolute Gasteiger partial charge is 0.323 e. The minimum atomic E-state index is -0.693. The van der Waals surface area contributed by atoms with Gasteiger partial charge in [-0.25, -0.2) is 9.18 Å². The average Bonchev–Trinajstić information content (AvgIpc) is 2.30. The molecule has 0 saturated carbocycles. The minimum absolute atomic E-state index is 0.0414. The molecule has 0 saturated heterocycles. The van der Waals surface area contributed by atoms with Crippen LogP contribution in [0.1, 0.15) is 5.69 Å². The standard InChI is InChI=1S/C12H10FN3O3/c13-8-3-1-2-4-9(8)15-10(17)5-7-6-11(18)16-12(19)14-7/h1-4,6H,5H2,(H,15,17)(H2,14,16,18,19). The Labute approximate surface area is 106 Å². The molecule has 1 aromatic heterocycles. The lowest BCUT2D eigenvalue weighted by Gasteiger charge is -2.05. The zero-order chi connectivity index (χ0) is 13.8. The Bertz CT molecular complexity index is 692. The predicted molar refractivity (Wildman–Crippen MR) is 66.4 cm³/mol. The molecule has 0 radical (unpaired) electrons. The molecule has 0 fully saturated rings. The van der Waals surface area contributed by atoms with Gasteiger partial charge in [0.05, 0.1) is 12.1 Å². The van der Waals surface area contributed by atoms with Gasteiger partial charge in [0.2, 0.25) is 5.91 Å². The first-order chi connectivity index (χ1) is 9.04. The summed E-state index contributed by atoms with van der Waals surface area (Å²) in [5.74, 6) is -1.10. The van der Waals surface area contributed by atoms with Crippen molar-refractivity contribution in [3.05, 3.63) is 62.7 Å². The Morgan fingerprint density at radius 3 is 2.63 bits per heavy atom. The monoisotopic (exact) mass is 263 g/mol. The Morgan fingerprint density at radius 2 is 1.95 bits per heavy atom. The molecular weight excluding hydrogens is 253 g/mol. The molecule has 19 heavy (non-hydrogen) atoms. The number of aromatic nitrogens is 2. The van der Waals surface area contributed by atoms with Crippen LogP contribution in [0, 0.1) is 5.82 Å². The van der Waals surface area contributed by atoms with Gasteiger partial charge in [-0.3, -0.25) is 14.6 Å². The van der Waals surface area contributed by atoms with E-state index in [2.05, 4.69) is 10.3 Å². The Balaban J connectivity index is 2.12. The molecule has 0 aliphatic rings. The van der Waals surface area contributed by atoms with Crippen LogP contribution in [0.5, 0.6) is 0 Å². The van der Waals surface area contributed by atoms with Crippen LogP contribution in [-0.4, -0.2) is 15.9 Å². The van der Waals surface area contributed by atoms with Crippen LogP contribution >= 0.6 is 0 Å². The fourth-order valence-corrected chi connectivity index (χ4v) is 1.54. The number of aromatic amines is 2. The summed E-state index contributed by atoms with van der Waals surface area (Å²) in [6, 6.07) is 6.80. The van der Waals surface area contributed by atoms with Gasteiger partial charge >= 0.3 is 5.69 Å². The van der Waals surface area contributed by atoms with Crippen molar-refractivity contribution in [3.8, 4) is 0 Å². The number of para-hydroxylation sites is 1. The number of carbonyl (C=O) groups excluding carboxylic acids is 1. The van der Waals surface area contributed by atoms with E-state index >= 15 is 0 Å². The van der Waals surface area contributed by atoms with E-state index in [-0.39, 0.29) is 17.8 Å². The zero-order valence-corrected chi connectivity index (χ0v) is 9.70. The number of carbonyl (C=O) groups is 1. The molecule has 0 bridgehead atoms. The molecule has 2 rings (SSSR count). The van der Waals surface area contributed by atoms with Crippen molar-refractivity contribution < 1.29 is 9.18 Å². The quantitative estimate of drug-likeness (QED) is 0.747. The number of nitrogens with one attached hydrogen (secondary N) is 3. The highest BCUT2D eigenvalue weighted by molar-refractivity contribution is 5.92. The van der Waals surface area contributed by atoms with E-state index in [1.165, 1.54) is 18.2 Å². The maximum absolute atomic E-state index is 13.3.